The van der Waals surface area contributed by atoms with Crippen LogP contribution in [0.1, 0.15) is 54.2 Å². The van der Waals surface area contributed by atoms with E-state index in [0.29, 0.717) is 12.2 Å². The largest absolute Gasteiger partial charge is 0.494 e. The molecular weight excluding hydrogens is 286 g/mol. The molecule has 0 saturated carbocycles. The average molecular weight is 311 g/mol. The summed E-state index contributed by atoms with van der Waals surface area (Å²) in [5.41, 5.74) is 3.01. The van der Waals surface area contributed by atoms with Crippen molar-refractivity contribution in [1.82, 2.24) is 5.32 Å². The van der Waals surface area contributed by atoms with Crippen molar-refractivity contribution in [2.24, 2.45) is 0 Å². The molecule has 1 amide bonds. The van der Waals surface area contributed by atoms with Crippen LogP contribution in [0.15, 0.2) is 48.5 Å². The van der Waals surface area contributed by atoms with E-state index in [0.717, 1.165) is 24.2 Å². The maximum atomic E-state index is 12.4. The summed E-state index contributed by atoms with van der Waals surface area (Å²) < 4.78 is 5.54. The second kappa shape index (κ2) is 8.37. The van der Waals surface area contributed by atoms with Crippen molar-refractivity contribution in [3.8, 4) is 5.75 Å². The van der Waals surface area contributed by atoms with Gasteiger partial charge in [-0.2, -0.15) is 0 Å². The molecule has 2 aromatic carbocycles. The molecular formula is C20H25NO2. The van der Waals surface area contributed by atoms with Gasteiger partial charge in [0, 0.05) is 5.56 Å². The summed E-state index contributed by atoms with van der Waals surface area (Å²) in [6, 6.07) is 15.6. The van der Waals surface area contributed by atoms with E-state index in [2.05, 4.69) is 50.4 Å². The van der Waals surface area contributed by atoms with Gasteiger partial charge in [-0.1, -0.05) is 43.7 Å². The summed E-state index contributed by atoms with van der Waals surface area (Å²) in [5, 5.41) is 3.10. The maximum absolute atomic E-state index is 12.4. The predicted octanol–water partition coefficient (Wildman–Crippen LogP) is 4.66. The molecule has 0 spiro atoms. The number of ether oxygens (including phenoxy) is 1. The Kier molecular flexibility index (Phi) is 6.21. The molecule has 1 atom stereocenters. The standard InChI is InChI=1S/C20H25NO2/c1-4-14-23-18-12-10-17(11-13-18)20(22)21-19(5-2)16-8-6-15(3)7-9-16/h6-13,19H,4-5,14H2,1-3H3,(H,21,22). The Labute approximate surface area is 138 Å². The lowest BCUT2D eigenvalue weighted by atomic mass is 10.0. The van der Waals surface area contributed by atoms with Crippen molar-refractivity contribution in [2.75, 3.05) is 6.61 Å². The minimum Gasteiger partial charge on any atom is -0.494 e. The van der Waals surface area contributed by atoms with Crippen molar-refractivity contribution >= 4 is 5.91 Å². The molecule has 0 heterocycles. The zero-order valence-electron chi connectivity index (χ0n) is 14.1. The zero-order valence-corrected chi connectivity index (χ0v) is 14.1. The minimum absolute atomic E-state index is 0.0270. The Morgan fingerprint density at radius 3 is 2.26 bits per heavy atom. The lowest BCUT2D eigenvalue weighted by Gasteiger charge is -2.18. The fourth-order valence-corrected chi connectivity index (χ4v) is 2.38. The van der Waals surface area contributed by atoms with E-state index in [-0.39, 0.29) is 11.9 Å². The Hall–Kier alpha value is -2.29. The van der Waals surface area contributed by atoms with Gasteiger partial charge in [0.25, 0.3) is 5.91 Å². The number of nitrogens with one attached hydrogen (secondary N) is 1. The third kappa shape index (κ3) is 4.85. The van der Waals surface area contributed by atoms with Crippen molar-refractivity contribution in [2.45, 2.75) is 39.7 Å². The van der Waals surface area contributed by atoms with Crippen LogP contribution in [0.25, 0.3) is 0 Å². The molecule has 0 fully saturated rings. The fourth-order valence-electron chi connectivity index (χ4n) is 2.38. The fraction of sp³-hybridized carbons (Fsp3) is 0.350. The topological polar surface area (TPSA) is 38.3 Å². The van der Waals surface area contributed by atoms with Crippen LogP contribution >= 0.6 is 0 Å². The van der Waals surface area contributed by atoms with E-state index < -0.39 is 0 Å². The van der Waals surface area contributed by atoms with Crippen molar-refractivity contribution in [1.29, 1.82) is 0 Å². The first-order chi connectivity index (χ1) is 11.1. The van der Waals surface area contributed by atoms with Crippen molar-refractivity contribution in [3.05, 3.63) is 65.2 Å². The molecule has 1 N–H and O–H groups in total. The SMILES string of the molecule is CCCOc1ccc(C(=O)NC(CC)c2ccc(C)cc2)cc1. The van der Waals surface area contributed by atoms with Gasteiger partial charge in [0.1, 0.15) is 5.75 Å². The molecule has 0 aromatic heterocycles. The third-order valence-corrected chi connectivity index (χ3v) is 3.78. The third-order valence-electron chi connectivity index (χ3n) is 3.78. The number of benzene rings is 2. The zero-order chi connectivity index (χ0) is 16.7. The lowest BCUT2D eigenvalue weighted by molar-refractivity contribution is 0.0935. The van der Waals surface area contributed by atoms with Gasteiger partial charge in [-0.05, 0) is 49.6 Å². The summed E-state index contributed by atoms with van der Waals surface area (Å²) >= 11 is 0. The number of carbonyl (C=O) groups excluding carboxylic acids is 1. The first-order valence-electron chi connectivity index (χ1n) is 8.24. The molecule has 0 aliphatic rings. The Balaban J connectivity index is 2.03. The molecule has 0 aliphatic carbocycles. The average Bonchev–Trinajstić information content (AvgIpc) is 2.59. The van der Waals surface area contributed by atoms with Crippen LogP contribution in [0.3, 0.4) is 0 Å². The van der Waals surface area contributed by atoms with Crippen LogP contribution in [0.5, 0.6) is 5.75 Å². The van der Waals surface area contributed by atoms with E-state index in [4.69, 9.17) is 4.74 Å². The van der Waals surface area contributed by atoms with Gasteiger partial charge in [-0.25, -0.2) is 0 Å². The maximum Gasteiger partial charge on any atom is 0.251 e. The number of amides is 1. The second-order valence-electron chi connectivity index (χ2n) is 5.72. The number of rotatable bonds is 7. The van der Waals surface area contributed by atoms with E-state index in [1.807, 2.05) is 24.3 Å². The molecule has 2 aromatic rings. The highest BCUT2D eigenvalue weighted by molar-refractivity contribution is 5.94. The summed E-state index contributed by atoms with van der Waals surface area (Å²) in [6.45, 7) is 6.90. The molecule has 3 heteroatoms. The highest BCUT2D eigenvalue weighted by Crippen LogP contribution is 2.19. The Morgan fingerprint density at radius 2 is 1.70 bits per heavy atom. The molecule has 2 rings (SSSR count). The molecule has 0 bridgehead atoms. The quantitative estimate of drug-likeness (QED) is 0.807. The smallest absolute Gasteiger partial charge is 0.251 e. The summed E-state index contributed by atoms with van der Waals surface area (Å²) in [7, 11) is 0. The highest BCUT2D eigenvalue weighted by Gasteiger charge is 2.14. The van der Waals surface area contributed by atoms with Gasteiger partial charge in [-0.3, -0.25) is 4.79 Å². The predicted molar refractivity (Wildman–Crippen MR) is 93.9 cm³/mol. The van der Waals surface area contributed by atoms with Crippen molar-refractivity contribution < 1.29 is 9.53 Å². The Morgan fingerprint density at radius 1 is 1.04 bits per heavy atom. The van der Waals surface area contributed by atoms with Crippen LogP contribution in [-0.2, 0) is 0 Å². The first kappa shape index (κ1) is 17.1. The van der Waals surface area contributed by atoms with E-state index in [1.54, 1.807) is 0 Å². The molecule has 0 radical (unpaired) electrons. The van der Waals surface area contributed by atoms with Crippen molar-refractivity contribution in [3.63, 3.8) is 0 Å². The summed E-state index contributed by atoms with van der Waals surface area (Å²) in [6.07, 6.45) is 1.82. The number of hydrogen-bond donors (Lipinski definition) is 1. The molecule has 122 valence electrons. The first-order valence-corrected chi connectivity index (χ1v) is 8.24. The molecule has 23 heavy (non-hydrogen) atoms. The van der Waals surface area contributed by atoms with Crippen LogP contribution < -0.4 is 10.1 Å². The molecule has 3 nitrogen and oxygen atoms in total. The van der Waals surface area contributed by atoms with Crippen LogP contribution in [-0.4, -0.2) is 12.5 Å². The van der Waals surface area contributed by atoms with E-state index in [9.17, 15) is 4.79 Å². The summed E-state index contributed by atoms with van der Waals surface area (Å²) in [5.74, 6) is 0.744. The van der Waals surface area contributed by atoms with Gasteiger partial charge in [0.2, 0.25) is 0 Å². The van der Waals surface area contributed by atoms with E-state index in [1.165, 1.54) is 5.56 Å². The Bertz CT molecular complexity index is 617. The van der Waals surface area contributed by atoms with Gasteiger partial charge >= 0.3 is 0 Å². The molecule has 0 saturated heterocycles. The van der Waals surface area contributed by atoms with E-state index >= 15 is 0 Å². The van der Waals surface area contributed by atoms with Crippen LogP contribution in [0.2, 0.25) is 0 Å². The normalized spacial score (nSPS) is 11.8. The van der Waals surface area contributed by atoms with Gasteiger partial charge in [-0.15, -0.1) is 0 Å². The number of hydrogen-bond acceptors (Lipinski definition) is 2. The van der Waals surface area contributed by atoms with Crippen LogP contribution in [0, 0.1) is 6.92 Å². The number of carbonyl (C=O) groups is 1. The summed E-state index contributed by atoms with van der Waals surface area (Å²) in [4.78, 5) is 12.4. The lowest BCUT2D eigenvalue weighted by Crippen LogP contribution is -2.28. The highest BCUT2D eigenvalue weighted by atomic mass is 16.5. The number of aryl methyl sites for hydroxylation is 1. The van der Waals surface area contributed by atoms with Gasteiger partial charge in [0.15, 0.2) is 0 Å². The second-order valence-corrected chi connectivity index (χ2v) is 5.72. The molecule has 1 unspecified atom stereocenters. The van der Waals surface area contributed by atoms with Gasteiger partial charge in [0.05, 0.1) is 12.6 Å². The van der Waals surface area contributed by atoms with Crippen LogP contribution in [0.4, 0.5) is 0 Å². The molecule has 0 aliphatic heterocycles. The van der Waals surface area contributed by atoms with Gasteiger partial charge < -0.3 is 10.1 Å². The monoisotopic (exact) mass is 311 g/mol. The minimum atomic E-state index is -0.0560.